The number of nitrogens with zero attached hydrogens (tertiary/aromatic N) is 2. The Balaban J connectivity index is 1.98. The Kier molecular flexibility index (Phi) is 6.51. The summed E-state index contributed by atoms with van der Waals surface area (Å²) >= 11 is 1.09. The Morgan fingerprint density at radius 3 is 2.69 bits per heavy atom. The highest BCUT2D eigenvalue weighted by Crippen LogP contribution is 2.22. The topological polar surface area (TPSA) is 99.4 Å². The lowest BCUT2D eigenvalue weighted by Gasteiger charge is -2.07. The second kappa shape index (κ2) is 8.82. The predicted molar refractivity (Wildman–Crippen MR) is 103 cm³/mol. The molecule has 2 heterocycles. The zero-order chi connectivity index (χ0) is 19.1. The molecule has 0 atom stereocenters. The molecular weight excluding hydrogens is 352 g/mol. The van der Waals surface area contributed by atoms with Gasteiger partial charge < -0.3 is 20.5 Å². The molecule has 8 heteroatoms. The van der Waals surface area contributed by atoms with E-state index in [1.54, 1.807) is 38.3 Å². The van der Waals surface area contributed by atoms with E-state index in [-0.39, 0.29) is 5.91 Å². The van der Waals surface area contributed by atoms with Gasteiger partial charge in [-0.25, -0.2) is 4.98 Å². The molecule has 0 saturated carbocycles. The van der Waals surface area contributed by atoms with Crippen molar-refractivity contribution in [2.75, 3.05) is 18.2 Å². The van der Waals surface area contributed by atoms with Crippen molar-refractivity contribution < 1.29 is 14.3 Å². The van der Waals surface area contributed by atoms with Crippen LogP contribution in [0.4, 0.5) is 10.7 Å². The molecule has 0 radical (unpaired) electrons. The normalized spacial score (nSPS) is 11.4. The van der Waals surface area contributed by atoms with Crippen LogP contribution in [-0.4, -0.2) is 22.4 Å². The number of allylic oxidation sites excluding steroid dienone is 3. The summed E-state index contributed by atoms with van der Waals surface area (Å²) in [6, 6.07) is 3.30. The van der Waals surface area contributed by atoms with E-state index in [2.05, 4.69) is 21.3 Å². The van der Waals surface area contributed by atoms with Crippen molar-refractivity contribution in [2.24, 2.45) is 0 Å². The molecule has 0 fully saturated rings. The number of methoxy groups -OCH3 is 1. The Labute approximate surface area is 156 Å². The molecule has 0 aliphatic rings. The lowest BCUT2D eigenvalue weighted by atomic mass is 10.2. The first-order valence-electron chi connectivity index (χ1n) is 7.69. The molecule has 1 amide bonds. The number of anilines is 2. The summed E-state index contributed by atoms with van der Waals surface area (Å²) in [7, 11) is 1.58. The van der Waals surface area contributed by atoms with Crippen molar-refractivity contribution >= 4 is 28.1 Å². The molecule has 0 saturated heterocycles. The molecule has 7 nitrogen and oxygen atoms in total. The molecule has 136 valence electrons. The minimum Gasteiger partial charge on any atom is -0.497 e. The van der Waals surface area contributed by atoms with Gasteiger partial charge in [-0.2, -0.15) is 4.37 Å². The number of hydrogen-bond acceptors (Lipinski definition) is 7. The summed E-state index contributed by atoms with van der Waals surface area (Å²) < 4.78 is 14.7. The third kappa shape index (κ3) is 4.93. The van der Waals surface area contributed by atoms with E-state index < -0.39 is 0 Å². The van der Waals surface area contributed by atoms with E-state index in [0.29, 0.717) is 39.3 Å². The Morgan fingerprint density at radius 2 is 2.15 bits per heavy atom. The third-order valence-corrected chi connectivity index (χ3v) is 4.07. The van der Waals surface area contributed by atoms with Crippen LogP contribution in [0.5, 0.6) is 5.88 Å². The Bertz CT molecular complexity index is 834. The zero-order valence-electron chi connectivity index (χ0n) is 14.8. The first-order chi connectivity index (χ1) is 12.4. The van der Waals surface area contributed by atoms with E-state index in [1.165, 1.54) is 6.20 Å². The van der Waals surface area contributed by atoms with Gasteiger partial charge in [0.1, 0.15) is 16.5 Å². The maximum absolute atomic E-state index is 12.3. The number of carbonyl (C=O) groups is 1. The van der Waals surface area contributed by atoms with Gasteiger partial charge in [0.25, 0.3) is 5.91 Å². The van der Waals surface area contributed by atoms with Crippen molar-refractivity contribution in [2.45, 2.75) is 13.8 Å². The van der Waals surface area contributed by atoms with Gasteiger partial charge in [-0.3, -0.25) is 4.79 Å². The van der Waals surface area contributed by atoms with Gasteiger partial charge in [0.2, 0.25) is 5.88 Å². The van der Waals surface area contributed by atoms with E-state index in [1.807, 2.05) is 13.0 Å². The average molecular weight is 372 g/mol. The van der Waals surface area contributed by atoms with Crippen LogP contribution >= 0.6 is 11.5 Å². The fraction of sp³-hybridized carbons (Fsp3) is 0.167. The van der Waals surface area contributed by atoms with Gasteiger partial charge in [0.05, 0.1) is 30.3 Å². The molecule has 0 aliphatic carbocycles. The molecule has 26 heavy (non-hydrogen) atoms. The van der Waals surface area contributed by atoms with Crippen molar-refractivity contribution in [3.63, 3.8) is 0 Å². The number of carbonyl (C=O) groups excluding carboxylic acids is 1. The molecule has 3 N–H and O–H groups in total. The van der Waals surface area contributed by atoms with Crippen molar-refractivity contribution in [3.8, 4) is 5.88 Å². The standard InChI is InChI=1S/C18H20N4O3S/c1-5-14(24-4)8-6-11(2)25-15-9-7-13(10-20-15)21-18(23)16-12(3)22-26-17(16)19/h5-10H,2,19H2,1,3-4H3,(H,21,23)/b8-6-,14-5+. The summed E-state index contributed by atoms with van der Waals surface area (Å²) in [6.07, 6.45) is 6.71. The molecule has 0 aliphatic heterocycles. The number of pyridine rings is 1. The number of amides is 1. The minimum absolute atomic E-state index is 0.324. The van der Waals surface area contributed by atoms with Gasteiger partial charge in [0, 0.05) is 6.07 Å². The van der Waals surface area contributed by atoms with Crippen molar-refractivity contribution in [1.82, 2.24) is 9.36 Å². The summed E-state index contributed by atoms with van der Waals surface area (Å²) in [5, 5.41) is 3.11. The van der Waals surface area contributed by atoms with Crippen molar-refractivity contribution in [3.05, 3.63) is 65.9 Å². The number of aryl methyl sites for hydroxylation is 1. The van der Waals surface area contributed by atoms with Crippen LogP contribution in [0.15, 0.2) is 54.7 Å². The number of nitrogens with two attached hydrogens (primary N) is 1. The highest BCUT2D eigenvalue weighted by Gasteiger charge is 2.16. The first kappa shape index (κ1) is 19.2. The van der Waals surface area contributed by atoms with Crippen molar-refractivity contribution in [1.29, 1.82) is 0 Å². The molecular formula is C18H20N4O3S. The van der Waals surface area contributed by atoms with Crippen LogP contribution in [0.3, 0.4) is 0 Å². The van der Waals surface area contributed by atoms with Crippen LogP contribution in [0.1, 0.15) is 23.0 Å². The zero-order valence-corrected chi connectivity index (χ0v) is 15.6. The van der Waals surface area contributed by atoms with Crippen LogP contribution in [0.2, 0.25) is 0 Å². The molecule has 0 spiro atoms. The monoisotopic (exact) mass is 372 g/mol. The molecule has 2 rings (SSSR count). The molecule has 0 unspecified atom stereocenters. The number of aromatic nitrogens is 2. The lowest BCUT2D eigenvalue weighted by Crippen LogP contribution is -2.14. The molecule has 2 aromatic heterocycles. The number of nitrogens with one attached hydrogen (secondary N) is 1. The fourth-order valence-corrected chi connectivity index (χ4v) is 2.66. The van der Waals surface area contributed by atoms with Gasteiger partial charge in [0.15, 0.2) is 0 Å². The highest BCUT2D eigenvalue weighted by atomic mass is 32.1. The van der Waals surface area contributed by atoms with E-state index in [4.69, 9.17) is 15.2 Å². The van der Waals surface area contributed by atoms with Crippen LogP contribution in [0, 0.1) is 6.92 Å². The van der Waals surface area contributed by atoms with Crippen LogP contribution in [0.25, 0.3) is 0 Å². The highest BCUT2D eigenvalue weighted by molar-refractivity contribution is 7.10. The predicted octanol–water partition coefficient (Wildman–Crippen LogP) is 3.68. The molecule has 0 bridgehead atoms. The van der Waals surface area contributed by atoms with E-state index in [9.17, 15) is 4.79 Å². The summed E-state index contributed by atoms with van der Waals surface area (Å²) in [5.74, 6) is 1.12. The van der Waals surface area contributed by atoms with E-state index >= 15 is 0 Å². The quantitative estimate of drug-likeness (QED) is 0.568. The Morgan fingerprint density at radius 1 is 1.38 bits per heavy atom. The average Bonchev–Trinajstić information content (AvgIpc) is 2.96. The first-order valence-corrected chi connectivity index (χ1v) is 8.46. The third-order valence-electron chi connectivity index (χ3n) is 3.30. The minimum atomic E-state index is -0.324. The van der Waals surface area contributed by atoms with E-state index in [0.717, 1.165) is 11.5 Å². The molecule has 0 aromatic carbocycles. The second-order valence-corrected chi connectivity index (χ2v) is 5.95. The maximum atomic E-state index is 12.3. The molecule has 2 aromatic rings. The summed E-state index contributed by atoms with van der Waals surface area (Å²) in [4.78, 5) is 16.4. The number of ether oxygens (including phenoxy) is 2. The van der Waals surface area contributed by atoms with Gasteiger partial charge >= 0.3 is 0 Å². The smallest absolute Gasteiger partial charge is 0.260 e. The number of rotatable bonds is 7. The maximum Gasteiger partial charge on any atom is 0.260 e. The largest absolute Gasteiger partial charge is 0.497 e. The number of hydrogen-bond donors (Lipinski definition) is 2. The van der Waals surface area contributed by atoms with Gasteiger partial charge in [-0.15, -0.1) is 0 Å². The van der Waals surface area contributed by atoms with Gasteiger partial charge in [-0.1, -0.05) is 6.58 Å². The lowest BCUT2D eigenvalue weighted by molar-refractivity contribution is 0.102. The fourth-order valence-electron chi connectivity index (χ4n) is 2.00. The van der Waals surface area contributed by atoms with Crippen LogP contribution < -0.4 is 15.8 Å². The van der Waals surface area contributed by atoms with Crippen LogP contribution in [-0.2, 0) is 4.74 Å². The summed E-state index contributed by atoms with van der Waals surface area (Å²) in [5.41, 5.74) is 7.27. The van der Waals surface area contributed by atoms with Gasteiger partial charge in [-0.05, 0) is 49.7 Å². The summed E-state index contributed by atoms with van der Waals surface area (Å²) in [6.45, 7) is 7.39. The SMILES string of the molecule is C=C(/C=C\C(=C/C)OC)Oc1ccc(NC(=O)c2c(C)nsc2N)cn1. The second-order valence-electron chi connectivity index (χ2n) is 5.14. The Hall–Kier alpha value is -3.13. The number of nitrogen functional groups attached to an aromatic ring is 1.